The van der Waals surface area contributed by atoms with E-state index in [1.54, 1.807) is 0 Å². The molecular formula is C10H20N3O3+. The Morgan fingerprint density at radius 1 is 1.44 bits per heavy atom. The first-order valence-electron chi connectivity index (χ1n) is 5.47. The van der Waals surface area contributed by atoms with Gasteiger partial charge in [0.2, 0.25) is 5.91 Å². The fourth-order valence-electron chi connectivity index (χ4n) is 1.48. The molecule has 0 aromatic heterocycles. The van der Waals surface area contributed by atoms with Crippen LogP contribution in [0.4, 0.5) is 0 Å². The van der Waals surface area contributed by atoms with Crippen LogP contribution >= 0.6 is 0 Å². The van der Waals surface area contributed by atoms with Gasteiger partial charge < -0.3 is 15.0 Å². The van der Waals surface area contributed by atoms with Crippen molar-refractivity contribution in [3.05, 3.63) is 0 Å². The van der Waals surface area contributed by atoms with E-state index in [2.05, 4.69) is 10.6 Å². The van der Waals surface area contributed by atoms with Gasteiger partial charge in [0.15, 0.2) is 6.67 Å². The molecule has 0 aromatic carbocycles. The highest BCUT2D eigenvalue weighted by molar-refractivity contribution is 5.96. The average Bonchev–Trinajstić information content (AvgIpc) is 2.97. The lowest BCUT2D eigenvalue weighted by Crippen LogP contribution is -3.15. The summed E-state index contributed by atoms with van der Waals surface area (Å²) in [7, 11) is 1.87. The number of ether oxygens (including phenoxy) is 1. The quantitative estimate of drug-likeness (QED) is 0.245. The third-order valence-electron chi connectivity index (χ3n) is 2.29. The molecule has 6 nitrogen and oxygen atoms in total. The van der Waals surface area contributed by atoms with Crippen molar-refractivity contribution >= 4 is 11.7 Å². The molecule has 1 aliphatic heterocycles. The molecule has 1 aliphatic rings. The monoisotopic (exact) mass is 230 g/mol. The summed E-state index contributed by atoms with van der Waals surface area (Å²) >= 11 is 0. The number of Topliss-reactive ketones (excluding diaryl/α,β-unsaturated/α-hetero) is 1. The van der Waals surface area contributed by atoms with Crippen molar-refractivity contribution < 1.29 is 19.2 Å². The van der Waals surface area contributed by atoms with Crippen LogP contribution in [0.15, 0.2) is 0 Å². The Labute approximate surface area is 95.3 Å². The zero-order valence-electron chi connectivity index (χ0n) is 9.84. The summed E-state index contributed by atoms with van der Waals surface area (Å²) in [5.41, 5.74) is 0. The van der Waals surface area contributed by atoms with Gasteiger partial charge in [0, 0.05) is 0 Å². The standard InChI is InChI=1S/C10H19N3O3/c1-8(14)3-10(15)12-7-13(6-11-2)4-9-5-16-9/h9,11H,3-7H2,1-2H3,(H,12,15)/p+1. The maximum atomic E-state index is 11.3. The van der Waals surface area contributed by atoms with E-state index in [1.807, 2.05) is 7.05 Å². The lowest BCUT2D eigenvalue weighted by atomic mass is 10.3. The summed E-state index contributed by atoms with van der Waals surface area (Å²) in [5.74, 6) is -0.323. The first kappa shape index (κ1) is 13.1. The summed E-state index contributed by atoms with van der Waals surface area (Å²) in [5, 5.41) is 5.79. The number of nitrogens with one attached hydrogen (secondary N) is 3. The molecule has 0 aliphatic carbocycles. The van der Waals surface area contributed by atoms with Crippen LogP contribution in [-0.4, -0.2) is 51.3 Å². The van der Waals surface area contributed by atoms with Gasteiger partial charge in [-0.25, -0.2) is 0 Å². The second-order valence-corrected chi connectivity index (χ2v) is 4.10. The van der Waals surface area contributed by atoms with Gasteiger partial charge in [-0.15, -0.1) is 0 Å². The number of epoxide rings is 1. The van der Waals surface area contributed by atoms with E-state index in [0.29, 0.717) is 12.8 Å². The molecule has 3 N–H and O–H groups in total. The maximum Gasteiger partial charge on any atom is 0.231 e. The molecule has 0 radical (unpaired) electrons. The van der Waals surface area contributed by atoms with Gasteiger partial charge in [0.25, 0.3) is 0 Å². The van der Waals surface area contributed by atoms with Crippen LogP contribution in [-0.2, 0) is 14.3 Å². The molecule has 1 amide bonds. The first-order chi connectivity index (χ1) is 7.61. The minimum atomic E-state index is -0.210. The SMILES string of the molecule is CNC[NH+](CNC(=O)CC(C)=O)CC1CO1. The van der Waals surface area contributed by atoms with E-state index < -0.39 is 0 Å². The predicted octanol–water partition coefficient (Wildman–Crippen LogP) is -2.50. The fourth-order valence-corrected chi connectivity index (χ4v) is 1.48. The largest absolute Gasteiger partial charge is 0.367 e. The van der Waals surface area contributed by atoms with Crippen LogP contribution in [0, 0.1) is 0 Å². The Balaban J connectivity index is 2.19. The van der Waals surface area contributed by atoms with Gasteiger partial charge in [-0.3, -0.25) is 14.9 Å². The summed E-state index contributed by atoms with van der Waals surface area (Å²) < 4.78 is 5.14. The first-order valence-corrected chi connectivity index (χ1v) is 5.47. The topological polar surface area (TPSA) is 75.2 Å². The van der Waals surface area contributed by atoms with Crippen molar-refractivity contribution in [1.29, 1.82) is 0 Å². The molecule has 6 heteroatoms. The molecule has 2 atom stereocenters. The minimum Gasteiger partial charge on any atom is -0.367 e. The zero-order chi connectivity index (χ0) is 12.0. The summed E-state index contributed by atoms with van der Waals surface area (Å²) in [6.45, 7) is 4.39. The van der Waals surface area contributed by atoms with E-state index in [-0.39, 0.29) is 18.1 Å². The molecular weight excluding hydrogens is 210 g/mol. The van der Waals surface area contributed by atoms with Gasteiger partial charge >= 0.3 is 0 Å². The number of amides is 1. The van der Waals surface area contributed by atoms with Gasteiger partial charge in [-0.2, -0.15) is 0 Å². The molecule has 16 heavy (non-hydrogen) atoms. The Hall–Kier alpha value is -0.980. The zero-order valence-corrected chi connectivity index (χ0v) is 9.84. The van der Waals surface area contributed by atoms with Crippen LogP contribution in [0.2, 0.25) is 0 Å². The molecule has 1 rings (SSSR count). The highest BCUT2D eigenvalue weighted by Crippen LogP contribution is 2.04. The normalized spacial score (nSPS) is 20.2. The van der Waals surface area contributed by atoms with E-state index in [0.717, 1.165) is 19.8 Å². The highest BCUT2D eigenvalue weighted by atomic mass is 16.6. The minimum absolute atomic E-state index is 0.0350. The van der Waals surface area contributed by atoms with Crippen molar-refractivity contribution in [2.75, 3.05) is 33.5 Å². The number of quaternary nitrogens is 1. The second kappa shape index (κ2) is 6.57. The average molecular weight is 230 g/mol. The van der Waals surface area contributed by atoms with E-state index >= 15 is 0 Å². The summed E-state index contributed by atoms with van der Waals surface area (Å²) in [6, 6.07) is 0. The second-order valence-electron chi connectivity index (χ2n) is 4.10. The number of hydrogen-bond acceptors (Lipinski definition) is 4. The van der Waals surface area contributed by atoms with E-state index in [1.165, 1.54) is 11.8 Å². The molecule has 0 saturated carbocycles. The lowest BCUT2D eigenvalue weighted by molar-refractivity contribution is -0.905. The summed E-state index contributed by atoms with van der Waals surface area (Å²) in [6.07, 6.45) is 0.292. The molecule has 92 valence electrons. The third kappa shape index (κ3) is 5.79. The van der Waals surface area contributed by atoms with Crippen LogP contribution in [0.3, 0.4) is 0 Å². The van der Waals surface area contributed by atoms with Crippen LogP contribution in [0.5, 0.6) is 0 Å². The molecule has 1 fully saturated rings. The number of carbonyl (C=O) groups excluding carboxylic acids is 2. The van der Waals surface area contributed by atoms with Crippen LogP contribution in [0.1, 0.15) is 13.3 Å². The number of hydrogen-bond donors (Lipinski definition) is 3. The van der Waals surface area contributed by atoms with Gasteiger partial charge in [-0.05, 0) is 14.0 Å². The Morgan fingerprint density at radius 3 is 2.62 bits per heavy atom. The molecule has 0 aromatic rings. The smallest absolute Gasteiger partial charge is 0.231 e. The molecule has 2 unspecified atom stereocenters. The summed E-state index contributed by atoms with van der Waals surface area (Å²) in [4.78, 5) is 23.2. The van der Waals surface area contributed by atoms with Crippen LogP contribution < -0.4 is 15.5 Å². The molecule has 0 spiro atoms. The lowest BCUT2D eigenvalue weighted by Gasteiger charge is -2.18. The third-order valence-corrected chi connectivity index (χ3v) is 2.29. The van der Waals surface area contributed by atoms with Crippen molar-refractivity contribution in [2.24, 2.45) is 0 Å². The van der Waals surface area contributed by atoms with E-state index in [4.69, 9.17) is 4.74 Å². The van der Waals surface area contributed by atoms with E-state index in [9.17, 15) is 9.59 Å². The number of carbonyl (C=O) groups is 2. The Bertz CT molecular complexity index is 254. The molecule has 1 heterocycles. The molecule has 1 saturated heterocycles. The highest BCUT2D eigenvalue weighted by Gasteiger charge is 2.28. The maximum absolute atomic E-state index is 11.3. The fraction of sp³-hybridized carbons (Fsp3) is 0.800. The predicted molar refractivity (Wildman–Crippen MR) is 57.8 cm³/mol. The van der Waals surface area contributed by atoms with Crippen molar-refractivity contribution in [3.63, 3.8) is 0 Å². The Kier molecular flexibility index (Phi) is 5.37. The Morgan fingerprint density at radius 2 is 2.12 bits per heavy atom. The van der Waals surface area contributed by atoms with Crippen molar-refractivity contribution in [2.45, 2.75) is 19.4 Å². The van der Waals surface area contributed by atoms with Gasteiger partial charge in [0.1, 0.15) is 25.1 Å². The van der Waals surface area contributed by atoms with Crippen molar-refractivity contribution in [1.82, 2.24) is 10.6 Å². The number of rotatable bonds is 8. The molecule has 0 bridgehead atoms. The number of ketones is 1. The van der Waals surface area contributed by atoms with Crippen molar-refractivity contribution in [3.8, 4) is 0 Å². The van der Waals surface area contributed by atoms with Gasteiger partial charge in [0.05, 0.1) is 13.0 Å². The van der Waals surface area contributed by atoms with Gasteiger partial charge in [-0.1, -0.05) is 0 Å². The van der Waals surface area contributed by atoms with Crippen LogP contribution in [0.25, 0.3) is 0 Å².